The predicted octanol–water partition coefficient (Wildman–Crippen LogP) is 0.274. The predicted molar refractivity (Wildman–Crippen MR) is 46.9 cm³/mol. The van der Waals surface area contributed by atoms with Gasteiger partial charge < -0.3 is 9.64 Å². The first-order chi connectivity index (χ1) is 6.06. The molecule has 0 spiro atoms. The Hall–Kier alpha value is -1.06. The van der Waals surface area contributed by atoms with Crippen LogP contribution < -0.4 is 0 Å². The Labute approximate surface area is 77.8 Å². The fraction of sp³-hybridized carbons (Fsp3) is 0.778. The van der Waals surface area contributed by atoms with Gasteiger partial charge in [-0.1, -0.05) is 13.8 Å². The second-order valence-corrected chi connectivity index (χ2v) is 3.66. The summed E-state index contributed by atoms with van der Waals surface area (Å²) in [6.45, 7) is 5.48. The number of methoxy groups -OCH3 is 1. The van der Waals surface area contributed by atoms with Crippen LogP contribution in [0.3, 0.4) is 0 Å². The SMILES string of the molecule is COC(=O)C(=O)N1CC(C)C(C)C1. The minimum absolute atomic E-state index is 0.466. The van der Waals surface area contributed by atoms with Crippen LogP contribution in [0.15, 0.2) is 0 Å². The third-order valence-corrected chi connectivity index (χ3v) is 2.64. The number of hydrogen-bond acceptors (Lipinski definition) is 3. The van der Waals surface area contributed by atoms with Crippen molar-refractivity contribution in [2.24, 2.45) is 11.8 Å². The first-order valence-corrected chi connectivity index (χ1v) is 4.43. The van der Waals surface area contributed by atoms with E-state index in [0.29, 0.717) is 24.9 Å². The van der Waals surface area contributed by atoms with Crippen molar-refractivity contribution >= 4 is 11.9 Å². The van der Waals surface area contributed by atoms with E-state index in [1.165, 1.54) is 7.11 Å². The van der Waals surface area contributed by atoms with Crippen molar-refractivity contribution in [3.8, 4) is 0 Å². The highest BCUT2D eigenvalue weighted by Gasteiger charge is 2.32. The standard InChI is InChI=1S/C9H15NO3/c1-6-4-10(5-7(6)2)8(11)9(12)13-3/h6-7H,4-5H2,1-3H3. The topological polar surface area (TPSA) is 46.6 Å². The van der Waals surface area contributed by atoms with E-state index in [9.17, 15) is 9.59 Å². The monoisotopic (exact) mass is 185 g/mol. The normalized spacial score (nSPS) is 27.5. The summed E-state index contributed by atoms with van der Waals surface area (Å²) in [5, 5.41) is 0. The Kier molecular flexibility index (Phi) is 2.90. The zero-order chi connectivity index (χ0) is 10.0. The molecule has 0 aromatic rings. The Morgan fingerprint density at radius 2 is 1.69 bits per heavy atom. The van der Waals surface area contributed by atoms with E-state index in [0.717, 1.165) is 0 Å². The molecule has 0 saturated carbocycles. The Balaban J connectivity index is 2.56. The molecule has 1 heterocycles. The zero-order valence-electron chi connectivity index (χ0n) is 8.24. The molecule has 4 nitrogen and oxygen atoms in total. The number of esters is 1. The Morgan fingerprint density at radius 1 is 1.23 bits per heavy atom. The van der Waals surface area contributed by atoms with Gasteiger partial charge in [0.2, 0.25) is 0 Å². The molecule has 4 heteroatoms. The molecular formula is C9H15NO3. The maximum atomic E-state index is 11.3. The lowest BCUT2D eigenvalue weighted by Gasteiger charge is -2.13. The van der Waals surface area contributed by atoms with Gasteiger partial charge in [-0.25, -0.2) is 4.79 Å². The van der Waals surface area contributed by atoms with E-state index in [4.69, 9.17) is 0 Å². The van der Waals surface area contributed by atoms with Crippen molar-refractivity contribution in [3.63, 3.8) is 0 Å². The van der Waals surface area contributed by atoms with Crippen molar-refractivity contribution < 1.29 is 14.3 Å². The molecule has 2 unspecified atom stereocenters. The third kappa shape index (κ3) is 1.99. The second-order valence-electron chi connectivity index (χ2n) is 3.66. The molecule has 74 valence electrons. The molecule has 1 saturated heterocycles. The average molecular weight is 185 g/mol. The molecule has 1 aliphatic rings. The summed E-state index contributed by atoms with van der Waals surface area (Å²) in [4.78, 5) is 23.8. The Morgan fingerprint density at radius 3 is 2.08 bits per heavy atom. The summed E-state index contributed by atoms with van der Waals surface area (Å²) < 4.78 is 4.36. The van der Waals surface area contributed by atoms with Crippen molar-refractivity contribution in [1.82, 2.24) is 4.90 Å². The minimum Gasteiger partial charge on any atom is -0.462 e. The number of likely N-dealkylation sites (tertiary alicyclic amines) is 1. The van der Waals surface area contributed by atoms with E-state index >= 15 is 0 Å². The van der Waals surface area contributed by atoms with Gasteiger partial charge in [-0.05, 0) is 11.8 Å². The quantitative estimate of drug-likeness (QED) is 0.402. The van der Waals surface area contributed by atoms with Gasteiger partial charge in [0.1, 0.15) is 0 Å². The van der Waals surface area contributed by atoms with Crippen molar-refractivity contribution in [2.45, 2.75) is 13.8 Å². The van der Waals surface area contributed by atoms with Crippen LogP contribution in [-0.4, -0.2) is 37.0 Å². The van der Waals surface area contributed by atoms with Crippen LogP contribution in [0, 0.1) is 11.8 Å². The highest BCUT2D eigenvalue weighted by molar-refractivity contribution is 6.32. The number of carbonyl (C=O) groups excluding carboxylic acids is 2. The van der Waals surface area contributed by atoms with Crippen LogP contribution in [-0.2, 0) is 14.3 Å². The van der Waals surface area contributed by atoms with E-state index in [1.807, 2.05) is 0 Å². The largest absolute Gasteiger partial charge is 0.462 e. The summed E-state index contributed by atoms with van der Waals surface area (Å²) in [7, 11) is 1.23. The number of rotatable bonds is 0. The highest BCUT2D eigenvalue weighted by atomic mass is 16.5. The average Bonchev–Trinajstić information content (AvgIpc) is 2.44. The van der Waals surface area contributed by atoms with Gasteiger partial charge in [0.15, 0.2) is 0 Å². The molecule has 0 radical (unpaired) electrons. The van der Waals surface area contributed by atoms with Crippen molar-refractivity contribution in [2.75, 3.05) is 20.2 Å². The molecule has 1 amide bonds. The molecule has 1 rings (SSSR count). The van der Waals surface area contributed by atoms with Gasteiger partial charge in [0.25, 0.3) is 0 Å². The van der Waals surface area contributed by atoms with Gasteiger partial charge in [0.05, 0.1) is 7.11 Å². The fourth-order valence-corrected chi connectivity index (χ4v) is 1.51. The number of carbonyl (C=O) groups is 2. The molecule has 2 atom stereocenters. The summed E-state index contributed by atoms with van der Waals surface area (Å²) >= 11 is 0. The molecule has 13 heavy (non-hydrogen) atoms. The maximum absolute atomic E-state index is 11.3. The fourth-order valence-electron chi connectivity index (χ4n) is 1.51. The van der Waals surface area contributed by atoms with Gasteiger partial charge in [-0.15, -0.1) is 0 Å². The maximum Gasteiger partial charge on any atom is 0.396 e. The van der Waals surface area contributed by atoms with Gasteiger partial charge in [0, 0.05) is 13.1 Å². The summed E-state index contributed by atoms with van der Waals surface area (Å²) in [5.41, 5.74) is 0. The summed E-state index contributed by atoms with van der Waals surface area (Å²) in [6.07, 6.45) is 0. The minimum atomic E-state index is -0.763. The first kappa shape index (κ1) is 10.0. The van der Waals surface area contributed by atoms with Crippen molar-refractivity contribution in [3.05, 3.63) is 0 Å². The molecule has 0 aliphatic carbocycles. The van der Waals surface area contributed by atoms with Crippen LogP contribution in [0.25, 0.3) is 0 Å². The smallest absolute Gasteiger partial charge is 0.396 e. The van der Waals surface area contributed by atoms with Crippen LogP contribution in [0.5, 0.6) is 0 Å². The number of ether oxygens (including phenoxy) is 1. The molecule has 0 aromatic carbocycles. The summed E-state index contributed by atoms with van der Waals surface area (Å²) in [6, 6.07) is 0. The molecule has 0 aromatic heterocycles. The number of hydrogen-bond donors (Lipinski definition) is 0. The number of amides is 1. The van der Waals surface area contributed by atoms with Crippen LogP contribution in [0.4, 0.5) is 0 Å². The van der Waals surface area contributed by atoms with Gasteiger partial charge in [-0.2, -0.15) is 0 Å². The lowest BCUT2D eigenvalue weighted by Crippen LogP contribution is -2.35. The van der Waals surface area contributed by atoms with Crippen LogP contribution in [0.2, 0.25) is 0 Å². The molecule has 0 bridgehead atoms. The zero-order valence-corrected chi connectivity index (χ0v) is 8.24. The van der Waals surface area contributed by atoms with Crippen molar-refractivity contribution in [1.29, 1.82) is 0 Å². The van der Waals surface area contributed by atoms with Crippen LogP contribution in [0.1, 0.15) is 13.8 Å². The molecule has 1 fully saturated rings. The molecule has 0 N–H and O–H groups in total. The molecular weight excluding hydrogens is 170 g/mol. The van der Waals surface area contributed by atoms with Gasteiger partial charge >= 0.3 is 11.9 Å². The van der Waals surface area contributed by atoms with Crippen LogP contribution >= 0.6 is 0 Å². The van der Waals surface area contributed by atoms with E-state index < -0.39 is 11.9 Å². The van der Waals surface area contributed by atoms with E-state index in [1.54, 1.807) is 4.90 Å². The van der Waals surface area contributed by atoms with E-state index in [2.05, 4.69) is 18.6 Å². The second kappa shape index (κ2) is 3.77. The number of nitrogens with zero attached hydrogens (tertiary/aromatic N) is 1. The molecule has 1 aliphatic heterocycles. The van der Waals surface area contributed by atoms with Gasteiger partial charge in [-0.3, -0.25) is 4.79 Å². The Bertz CT molecular complexity index is 217. The van der Waals surface area contributed by atoms with E-state index in [-0.39, 0.29) is 0 Å². The third-order valence-electron chi connectivity index (χ3n) is 2.64. The summed E-state index contributed by atoms with van der Waals surface area (Å²) in [5.74, 6) is -0.345. The first-order valence-electron chi connectivity index (χ1n) is 4.43. The lowest BCUT2D eigenvalue weighted by molar-refractivity contribution is -0.157. The highest BCUT2D eigenvalue weighted by Crippen LogP contribution is 2.21. The lowest BCUT2D eigenvalue weighted by atomic mass is 10.0.